The number of fused-ring (bicyclic) bond motifs is 1. The predicted octanol–water partition coefficient (Wildman–Crippen LogP) is 12.1. The van der Waals surface area contributed by atoms with Crippen LogP contribution in [0.1, 0.15) is 156 Å². The third-order valence-electron chi connectivity index (χ3n) is 9.33. The summed E-state index contributed by atoms with van der Waals surface area (Å²) in [7, 11) is 0. The summed E-state index contributed by atoms with van der Waals surface area (Å²) in [4.78, 5) is 27.4. The van der Waals surface area contributed by atoms with Crippen LogP contribution in [0, 0.1) is 11.8 Å². The molecular formula is C33H48Cl2O2S2. The van der Waals surface area contributed by atoms with E-state index in [2.05, 4.69) is 12.1 Å². The van der Waals surface area contributed by atoms with Gasteiger partial charge in [0, 0.05) is 31.0 Å². The molecule has 2 aliphatic rings. The molecule has 0 bridgehead atoms. The highest BCUT2D eigenvalue weighted by Crippen LogP contribution is 2.44. The van der Waals surface area contributed by atoms with Gasteiger partial charge < -0.3 is 0 Å². The molecule has 0 aliphatic heterocycles. The molecular weight excluding hydrogens is 563 g/mol. The van der Waals surface area contributed by atoms with Crippen LogP contribution in [0.25, 0.3) is 9.40 Å². The molecule has 0 amide bonds. The number of thiophene rings is 2. The van der Waals surface area contributed by atoms with Gasteiger partial charge in [-0.15, -0.1) is 22.7 Å². The van der Waals surface area contributed by atoms with Gasteiger partial charge >= 0.3 is 0 Å². The summed E-state index contributed by atoms with van der Waals surface area (Å²) in [6.07, 6.45) is 24.9. The summed E-state index contributed by atoms with van der Waals surface area (Å²) in [6.45, 7) is 0. The van der Waals surface area contributed by atoms with Gasteiger partial charge in [0.05, 0.1) is 0 Å². The minimum atomic E-state index is -0.135. The molecule has 39 heavy (non-hydrogen) atoms. The van der Waals surface area contributed by atoms with E-state index in [1.807, 2.05) is 22.7 Å². The Hall–Kier alpha value is -0.420. The summed E-state index contributed by atoms with van der Waals surface area (Å²) in [5.74, 6) is 0.967. The molecule has 2 nitrogen and oxygen atoms in total. The third-order valence-corrected chi connectivity index (χ3v) is 12.6. The molecule has 2 aromatic heterocycles. The van der Waals surface area contributed by atoms with Crippen molar-refractivity contribution in [3.63, 3.8) is 0 Å². The zero-order chi connectivity index (χ0) is 27.5. The molecule has 2 aliphatic carbocycles. The van der Waals surface area contributed by atoms with Crippen LogP contribution in [0.5, 0.6) is 0 Å². The highest BCUT2D eigenvalue weighted by atomic mass is 35.5. The first kappa shape index (κ1) is 31.5. The van der Waals surface area contributed by atoms with E-state index in [9.17, 15) is 9.59 Å². The van der Waals surface area contributed by atoms with Crippen LogP contribution in [0.15, 0.2) is 12.1 Å². The summed E-state index contributed by atoms with van der Waals surface area (Å²) in [5, 5.41) is -0.268. The molecule has 0 saturated heterocycles. The fraction of sp³-hybridized carbons (Fsp3) is 0.758. The zero-order valence-corrected chi connectivity index (χ0v) is 26.8. The zero-order valence-electron chi connectivity index (χ0n) is 23.7. The lowest BCUT2D eigenvalue weighted by Crippen LogP contribution is -2.13. The Morgan fingerprint density at radius 2 is 0.923 bits per heavy atom. The summed E-state index contributed by atoms with van der Waals surface area (Å²) < 4.78 is 2.80. The highest BCUT2D eigenvalue weighted by molar-refractivity contribution is 7.27. The Balaban J connectivity index is 1.49. The van der Waals surface area contributed by atoms with Crippen molar-refractivity contribution in [2.75, 3.05) is 0 Å². The van der Waals surface area contributed by atoms with Crippen molar-refractivity contribution in [2.24, 2.45) is 11.8 Å². The number of hydrogen-bond acceptors (Lipinski definition) is 4. The monoisotopic (exact) mass is 610 g/mol. The lowest BCUT2D eigenvalue weighted by atomic mass is 9.87. The van der Waals surface area contributed by atoms with E-state index in [0.717, 1.165) is 51.4 Å². The summed E-state index contributed by atoms with van der Waals surface area (Å²) in [6, 6.07) is 4.89. The van der Waals surface area contributed by atoms with Gasteiger partial charge in [0.1, 0.15) is 0 Å². The Morgan fingerprint density at radius 3 is 1.44 bits per heavy atom. The fourth-order valence-corrected chi connectivity index (χ4v) is 10.0. The van der Waals surface area contributed by atoms with Gasteiger partial charge in [-0.25, -0.2) is 0 Å². The number of halogens is 2. The van der Waals surface area contributed by atoms with Gasteiger partial charge in [-0.2, -0.15) is 0 Å². The third kappa shape index (κ3) is 10.1. The maximum absolute atomic E-state index is 12.3. The molecule has 2 fully saturated rings. The second-order valence-electron chi connectivity index (χ2n) is 12.3. The lowest BCUT2D eigenvalue weighted by molar-refractivity contribution is -0.116. The number of hydrogen-bond donors (Lipinski definition) is 0. The molecule has 6 heteroatoms. The SMILES string of the molecule is O=C(Cl)C1CCCCCCCCCCC(c2cc3sc(C4CCCCCCCC[C@H](C(=O)Cl)CC4)cc3s2)C1. The second kappa shape index (κ2) is 16.9. The first-order valence-electron chi connectivity index (χ1n) is 15.9. The van der Waals surface area contributed by atoms with Gasteiger partial charge in [0.15, 0.2) is 0 Å². The number of carbonyl (C=O) groups excluding carboxylic acids is 2. The van der Waals surface area contributed by atoms with Crippen molar-refractivity contribution >= 4 is 65.8 Å². The number of carbonyl (C=O) groups is 2. The molecule has 0 spiro atoms. The smallest absolute Gasteiger partial charge is 0.224 e. The molecule has 0 N–H and O–H groups in total. The molecule has 2 heterocycles. The van der Waals surface area contributed by atoms with E-state index in [-0.39, 0.29) is 22.3 Å². The highest BCUT2D eigenvalue weighted by Gasteiger charge is 2.26. The average Bonchev–Trinajstić information content (AvgIpc) is 3.47. The molecule has 4 rings (SSSR count). The van der Waals surface area contributed by atoms with Gasteiger partial charge in [-0.1, -0.05) is 89.9 Å². The Morgan fingerprint density at radius 1 is 0.513 bits per heavy atom. The van der Waals surface area contributed by atoms with Crippen LogP contribution >= 0.6 is 45.9 Å². The maximum atomic E-state index is 12.3. The molecule has 4 atom stereocenters. The van der Waals surface area contributed by atoms with Crippen LogP contribution < -0.4 is 0 Å². The largest absolute Gasteiger partial charge is 0.281 e. The topological polar surface area (TPSA) is 34.1 Å². The standard InChI is InChI=1S/C33H48Cl2O2S2/c34-32(36)25-16-12-8-6-5-7-11-15-24(19-20-25)28-22-30-31(38-28)23-29(39-30)26-17-13-9-3-1-2-4-10-14-18-27(21-26)33(35)37/h22-27H,1-21H2/t24?,25-,26?,27?/m0/s1. The Labute approximate surface area is 254 Å². The minimum absolute atomic E-state index is 0.0121. The summed E-state index contributed by atoms with van der Waals surface area (Å²) in [5.41, 5.74) is 0. The van der Waals surface area contributed by atoms with Crippen molar-refractivity contribution < 1.29 is 9.59 Å². The number of rotatable bonds is 4. The van der Waals surface area contributed by atoms with E-state index in [1.54, 1.807) is 0 Å². The molecule has 218 valence electrons. The average molecular weight is 612 g/mol. The molecule has 0 radical (unpaired) electrons. The van der Waals surface area contributed by atoms with Crippen molar-refractivity contribution in [3.05, 3.63) is 21.9 Å². The second-order valence-corrected chi connectivity index (χ2v) is 15.3. The molecule has 3 unspecified atom stereocenters. The predicted molar refractivity (Wildman–Crippen MR) is 171 cm³/mol. The van der Waals surface area contributed by atoms with E-state index in [4.69, 9.17) is 23.2 Å². The van der Waals surface area contributed by atoms with Crippen LogP contribution in [0.4, 0.5) is 0 Å². The van der Waals surface area contributed by atoms with Gasteiger partial charge in [-0.3, -0.25) is 9.59 Å². The lowest BCUT2D eigenvalue weighted by Gasteiger charge is -2.21. The van der Waals surface area contributed by atoms with Crippen molar-refractivity contribution in [1.82, 2.24) is 0 Å². The van der Waals surface area contributed by atoms with Crippen molar-refractivity contribution in [1.29, 1.82) is 0 Å². The van der Waals surface area contributed by atoms with E-state index >= 15 is 0 Å². The maximum Gasteiger partial charge on any atom is 0.224 e. The Bertz CT molecular complexity index is 997. The van der Waals surface area contributed by atoms with Crippen molar-refractivity contribution in [3.8, 4) is 0 Å². The molecule has 2 saturated carbocycles. The normalized spacial score (nSPS) is 27.8. The van der Waals surface area contributed by atoms with Crippen molar-refractivity contribution in [2.45, 2.75) is 147 Å². The Kier molecular flexibility index (Phi) is 13.6. The van der Waals surface area contributed by atoms with Gasteiger partial charge in [-0.05, 0) is 92.1 Å². The van der Waals surface area contributed by atoms with Crippen LogP contribution in [-0.2, 0) is 9.59 Å². The van der Waals surface area contributed by atoms with E-state index in [1.165, 1.54) is 103 Å². The van der Waals surface area contributed by atoms with Crippen LogP contribution in [0.2, 0.25) is 0 Å². The fourth-order valence-electron chi connectivity index (χ4n) is 6.85. The van der Waals surface area contributed by atoms with E-state index in [0.29, 0.717) is 11.8 Å². The first-order valence-corrected chi connectivity index (χ1v) is 18.3. The van der Waals surface area contributed by atoms with E-state index < -0.39 is 0 Å². The van der Waals surface area contributed by atoms with Crippen LogP contribution in [0.3, 0.4) is 0 Å². The minimum Gasteiger partial charge on any atom is -0.281 e. The quantitative estimate of drug-likeness (QED) is 0.322. The molecule has 0 aromatic carbocycles. The molecule has 2 aromatic rings. The van der Waals surface area contributed by atoms with Crippen LogP contribution in [-0.4, -0.2) is 10.5 Å². The summed E-state index contributed by atoms with van der Waals surface area (Å²) >= 11 is 16.1. The van der Waals surface area contributed by atoms with Gasteiger partial charge in [0.25, 0.3) is 0 Å². The van der Waals surface area contributed by atoms with Gasteiger partial charge in [0.2, 0.25) is 10.5 Å². The first-order chi connectivity index (χ1) is 19.0.